The van der Waals surface area contributed by atoms with E-state index in [0.717, 1.165) is 60.5 Å². The molecule has 8 rings (SSSR count). The molecule has 0 aliphatic heterocycles. The topological polar surface area (TPSA) is 51.8 Å². The molecule has 0 fully saturated rings. The summed E-state index contributed by atoms with van der Waals surface area (Å²) in [6.07, 6.45) is 0. The Bertz CT molecular complexity index is 2180. The molecule has 0 atom stereocenters. The fourth-order valence-electron chi connectivity index (χ4n) is 5.55. The Hall–Kier alpha value is -5.32. The number of furan rings is 1. The van der Waals surface area contributed by atoms with E-state index in [1.165, 1.54) is 0 Å². The van der Waals surface area contributed by atoms with Crippen molar-refractivity contribution in [3.8, 4) is 45.3 Å². The van der Waals surface area contributed by atoms with Crippen LogP contribution < -0.4 is 0 Å². The maximum absolute atomic E-state index is 6.30. The minimum Gasteiger partial charge on any atom is -0.455 e. The number of benzene rings is 6. The Kier molecular flexibility index (Phi) is 5.80. The maximum Gasteiger partial charge on any atom is 0.164 e. The molecule has 5 heteroatoms. The van der Waals surface area contributed by atoms with Crippen molar-refractivity contribution in [3.63, 3.8) is 0 Å². The predicted octanol–water partition coefficient (Wildman–Crippen LogP) is 10.2. The van der Waals surface area contributed by atoms with Gasteiger partial charge in [-0.2, -0.15) is 0 Å². The molecule has 0 spiro atoms. The summed E-state index contributed by atoms with van der Waals surface area (Å²) in [5.41, 5.74) is 6.70. The lowest BCUT2D eigenvalue weighted by atomic mass is 9.95. The molecule has 0 aliphatic rings. The first-order valence-electron chi connectivity index (χ1n) is 13.7. The third-order valence-electron chi connectivity index (χ3n) is 7.59. The van der Waals surface area contributed by atoms with Crippen LogP contribution in [0, 0.1) is 0 Å². The third-order valence-corrected chi connectivity index (χ3v) is 7.83. The average molecular weight is 560 g/mol. The molecule has 0 N–H and O–H groups in total. The van der Waals surface area contributed by atoms with E-state index >= 15 is 0 Å². The summed E-state index contributed by atoms with van der Waals surface area (Å²) >= 11 is 6.27. The number of hydrogen-bond acceptors (Lipinski definition) is 4. The van der Waals surface area contributed by atoms with Crippen molar-refractivity contribution in [2.75, 3.05) is 0 Å². The molecule has 2 aromatic heterocycles. The van der Waals surface area contributed by atoms with Gasteiger partial charge in [0.05, 0.1) is 0 Å². The van der Waals surface area contributed by atoms with Gasteiger partial charge in [-0.05, 0) is 34.7 Å². The summed E-state index contributed by atoms with van der Waals surface area (Å²) in [6.45, 7) is 0. The van der Waals surface area contributed by atoms with E-state index in [0.29, 0.717) is 22.5 Å². The zero-order valence-corrected chi connectivity index (χ0v) is 23.1. The number of rotatable bonds is 4. The molecule has 42 heavy (non-hydrogen) atoms. The summed E-state index contributed by atoms with van der Waals surface area (Å²) in [5, 5.41) is 4.97. The second-order valence-electron chi connectivity index (χ2n) is 10.2. The zero-order chi connectivity index (χ0) is 28.0. The Balaban J connectivity index is 1.27. The lowest BCUT2D eigenvalue weighted by molar-refractivity contribution is 0.673. The number of hydrogen-bond donors (Lipinski definition) is 0. The van der Waals surface area contributed by atoms with Crippen molar-refractivity contribution in [3.05, 3.63) is 138 Å². The van der Waals surface area contributed by atoms with Gasteiger partial charge in [0.1, 0.15) is 11.2 Å². The third kappa shape index (κ3) is 4.21. The first kappa shape index (κ1) is 24.5. The molecule has 0 saturated carbocycles. The number of nitrogens with zero attached hydrogens (tertiary/aromatic N) is 3. The lowest BCUT2D eigenvalue weighted by Gasteiger charge is -2.10. The van der Waals surface area contributed by atoms with Crippen LogP contribution in [0.5, 0.6) is 0 Å². The highest BCUT2D eigenvalue weighted by atomic mass is 35.5. The molecular weight excluding hydrogens is 538 g/mol. The second kappa shape index (κ2) is 9.95. The van der Waals surface area contributed by atoms with Crippen molar-refractivity contribution in [2.24, 2.45) is 0 Å². The van der Waals surface area contributed by atoms with E-state index in [1.54, 1.807) is 0 Å². The van der Waals surface area contributed by atoms with Crippen LogP contribution >= 0.6 is 11.6 Å². The summed E-state index contributed by atoms with van der Waals surface area (Å²) in [4.78, 5) is 14.6. The van der Waals surface area contributed by atoms with Crippen LogP contribution in [0.2, 0.25) is 5.02 Å². The van der Waals surface area contributed by atoms with Gasteiger partial charge in [0.15, 0.2) is 17.5 Å². The van der Waals surface area contributed by atoms with Gasteiger partial charge < -0.3 is 4.42 Å². The molecule has 0 amide bonds. The van der Waals surface area contributed by atoms with Crippen LogP contribution in [-0.2, 0) is 0 Å². The van der Waals surface area contributed by atoms with Crippen molar-refractivity contribution in [1.82, 2.24) is 15.0 Å². The fourth-order valence-corrected chi connectivity index (χ4v) is 5.71. The summed E-state index contributed by atoms with van der Waals surface area (Å²) in [7, 11) is 0. The van der Waals surface area contributed by atoms with Crippen LogP contribution in [0.3, 0.4) is 0 Å². The molecule has 198 valence electrons. The smallest absolute Gasteiger partial charge is 0.164 e. The van der Waals surface area contributed by atoms with Gasteiger partial charge in [-0.25, -0.2) is 15.0 Å². The van der Waals surface area contributed by atoms with Gasteiger partial charge in [-0.15, -0.1) is 0 Å². The van der Waals surface area contributed by atoms with E-state index in [2.05, 4.69) is 48.5 Å². The van der Waals surface area contributed by atoms with Crippen LogP contribution in [0.4, 0.5) is 0 Å². The van der Waals surface area contributed by atoms with Gasteiger partial charge >= 0.3 is 0 Å². The summed E-state index contributed by atoms with van der Waals surface area (Å²) < 4.78 is 6.30. The highest BCUT2D eigenvalue weighted by Gasteiger charge is 2.16. The molecule has 0 bridgehead atoms. The Labute approximate surface area is 246 Å². The highest BCUT2D eigenvalue weighted by molar-refractivity contribution is 6.31. The van der Waals surface area contributed by atoms with Gasteiger partial charge in [-0.3, -0.25) is 0 Å². The molecule has 2 heterocycles. The van der Waals surface area contributed by atoms with Gasteiger partial charge in [-0.1, -0.05) is 121 Å². The van der Waals surface area contributed by atoms with Crippen LogP contribution in [0.15, 0.2) is 138 Å². The normalized spacial score (nSPS) is 11.5. The first-order chi connectivity index (χ1) is 20.7. The van der Waals surface area contributed by atoms with Crippen molar-refractivity contribution in [1.29, 1.82) is 0 Å². The van der Waals surface area contributed by atoms with Gasteiger partial charge in [0.25, 0.3) is 0 Å². The Morgan fingerprint density at radius 3 is 1.57 bits per heavy atom. The van der Waals surface area contributed by atoms with Crippen LogP contribution in [-0.4, -0.2) is 15.0 Å². The Morgan fingerprint density at radius 2 is 0.952 bits per heavy atom. The minimum atomic E-state index is 0.632. The molecule has 0 aliphatic carbocycles. The van der Waals surface area contributed by atoms with E-state index in [4.69, 9.17) is 31.0 Å². The molecule has 6 aromatic carbocycles. The molecule has 0 unspecified atom stereocenters. The largest absolute Gasteiger partial charge is 0.455 e. The highest BCUT2D eigenvalue weighted by Crippen LogP contribution is 2.40. The SMILES string of the molecule is Clc1ccc2c(c1)oc1c3ccccc3c(-c3ccc(-c4nc(-c5ccccc5)nc(-c5ccccc5)n4)cc3)cc21. The molecule has 4 nitrogen and oxygen atoms in total. The second-order valence-corrected chi connectivity index (χ2v) is 10.6. The van der Waals surface area contributed by atoms with E-state index in [1.807, 2.05) is 84.9 Å². The van der Waals surface area contributed by atoms with Gasteiger partial charge in [0.2, 0.25) is 0 Å². The molecular formula is C37H22ClN3O. The first-order valence-corrected chi connectivity index (χ1v) is 14.1. The molecule has 8 aromatic rings. The monoisotopic (exact) mass is 559 g/mol. The van der Waals surface area contributed by atoms with Gasteiger partial charge in [0, 0.05) is 43.9 Å². The van der Waals surface area contributed by atoms with Crippen molar-refractivity contribution >= 4 is 44.3 Å². The van der Waals surface area contributed by atoms with E-state index < -0.39 is 0 Å². The number of aromatic nitrogens is 3. The quantitative estimate of drug-likeness (QED) is 0.215. The predicted molar refractivity (Wildman–Crippen MR) is 171 cm³/mol. The zero-order valence-electron chi connectivity index (χ0n) is 22.3. The summed E-state index contributed by atoms with van der Waals surface area (Å²) in [6, 6.07) is 44.9. The van der Waals surface area contributed by atoms with Crippen LogP contribution in [0.25, 0.3) is 78.0 Å². The average Bonchev–Trinajstić information content (AvgIpc) is 3.43. The molecule has 0 saturated heterocycles. The maximum atomic E-state index is 6.30. The van der Waals surface area contributed by atoms with Crippen LogP contribution in [0.1, 0.15) is 0 Å². The molecule has 0 radical (unpaired) electrons. The number of fused-ring (bicyclic) bond motifs is 5. The summed E-state index contributed by atoms with van der Waals surface area (Å²) in [5.74, 6) is 1.92. The number of halogens is 1. The minimum absolute atomic E-state index is 0.632. The van der Waals surface area contributed by atoms with E-state index in [9.17, 15) is 0 Å². The van der Waals surface area contributed by atoms with E-state index in [-0.39, 0.29) is 0 Å². The fraction of sp³-hybridized carbons (Fsp3) is 0. The van der Waals surface area contributed by atoms with Crippen molar-refractivity contribution in [2.45, 2.75) is 0 Å². The lowest BCUT2D eigenvalue weighted by Crippen LogP contribution is -2.00. The van der Waals surface area contributed by atoms with Crippen molar-refractivity contribution < 1.29 is 4.42 Å². The standard InChI is InChI=1S/C37H22ClN3O/c38-27-19-20-29-32-22-31(28-13-7-8-14-30(28)34(32)42-33(29)21-27)23-15-17-26(18-16-23)37-40-35(24-9-3-1-4-10-24)39-36(41-37)25-11-5-2-6-12-25/h1-22H. The Morgan fingerprint density at radius 1 is 0.429 bits per heavy atom.